The maximum Gasteiger partial charge on any atom is 0.373 e. The number of fused-ring (bicyclic) bond motifs is 13. The molecule has 1 heterocycles. The summed E-state index contributed by atoms with van der Waals surface area (Å²) in [6, 6.07) is 79.7. The molecule has 13 aromatic rings. The fraction of sp³-hybridized carbons (Fsp3) is 0. The average molecular weight is 840 g/mol. The molecule has 0 bridgehead atoms. The predicted molar refractivity (Wildman–Crippen MR) is 278 cm³/mol. The van der Waals surface area contributed by atoms with Gasteiger partial charge in [-0.1, -0.05) is 200 Å². The second kappa shape index (κ2) is 15.5. The fourth-order valence-corrected chi connectivity index (χ4v) is 10.1. The third-order valence-corrected chi connectivity index (χ3v) is 13.2. The number of rotatable bonds is 7. The Morgan fingerprint density at radius 1 is 0.288 bits per heavy atom. The van der Waals surface area contributed by atoms with Crippen molar-refractivity contribution in [2.45, 2.75) is 0 Å². The van der Waals surface area contributed by atoms with Gasteiger partial charge in [0, 0.05) is 22.3 Å². The summed E-state index contributed by atoms with van der Waals surface area (Å²) in [6.45, 7) is 0. The molecule has 0 fully saturated rings. The van der Waals surface area contributed by atoms with Crippen LogP contribution in [-0.2, 0) is 0 Å². The minimum Gasteiger partial charge on any atom is -0.559 e. The van der Waals surface area contributed by atoms with Crippen LogP contribution >= 0.6 is 0 Å². The fourth-order valence-electron chi connectivity index (χ4n) is 10.1. The third-order valence-electron chi connectivity index (χ3n) is 13.2. The van der Waals surface area contributed by atoms with Crippen LogP contribution in [0, 0.1) is 0 Å². The molecule has 0 aliphatic heterocycles. The van der Waals surface area contributed by atoms with Crippen LogP contribution in [-0.4, -0.2) is 22.4 Å². The molecule has 0 N–H and O–H groups in total. The Balaban J connectivity index is 0.926. The van der Waals surface area contributed by atoms with Crippen LogP contribution in [0.25, 0.3) is 121 Å². The van der Waals surface area contributed by atoms with Gasteiger partial charge in [-0.15, -0.1) is 0 Å². The van der Waals surface area contributed by atoms with Crippen molar-refractivity contribution in [1.29, 1.82) is 0 Å². The van der Waals surface area contributed by atoms with E-state index in [1.54, 1.807) is 0 Å². The summed E-state index contributed by atoms with van der Waals surface area (Å²) >= 11 is 0. The highest BCUT2D eigenvalue weighted by Crippen LogP contribution is 2.43. The Morgan fingerprint density at radius 2 is 0.727 bits per heavy atom. The smallest absolute Gasteiger partial charge is 0.373 e. The van der Waals surface area contributed by atoms with Crippen LogP contribution in [0.5, 0.6) is 5.75 Å². The molecule has 0 spiro atoms. The van der Waals surface area contributed by atoms with E-state index in [-0.39, 0.29) is 0 Å². The van der Waals surface area contributed by atoms with Crippen molar-refractivity contribution in [2.24, 2.45) is 0 Å². The zero-order valence-electron chi connectivity index (χ0n) is 35.8. The molecule has 66 heavy (non-hydrogen) atoms. The van der Waals surface area contributed by atoms with Gasteiger partial charge in [-0.3, -0.25) is 0 Å². The monoisotopic (exact) mass is 839 g/mol. The number of aromatic nitrogens is 3. The number of hydrogen-bond acceptors (Lipinski definition) is 4. The molecule has 0 unspecified atom stereocenters. The molecule has 4 nitrogen and oxygen atoms in total. The molecule has 0 saturated heterocycles. The first-order valence-electron chi connectivity index (χ1n) is 22.4. The largest absolute Gasteiger partial charge is 0.559 e. The summed E-state index contributed by atoms with van der Waals surface area (Å²) in [6.07, 6.45) is 0. The van der Waals surface area contributed by atoms with Crippen molar-refractivity contribution in [2.75, 3.05) is 0 Å². The Labute approximate surface area is 381 Å². The van der Waals surface area contributed by atoms with E-state index in [1.807, 2.05) is 36.4 Å². The molecule has 0 aliphatic rings. The second-order valence-corrected chi connectivity index (χ2v) is 17.0. The Kier molecular flexibility index (Phi) is 8.92. The van der Waals surface area contributed by atoms with Gasteiger partial charge in [0.05, 0.1) is 5.75 Å². The molecule has 306 valence electrons. The normalized spacial score (nSPS) is 11.6. The molecule has 0 amide bonds. The quantitative estimate of drug-likeness (QED) is 0.118. The first kappa shape index (κ1) is 37.9. The first-order valence-corrected chi connectivity index (χ1v) is 22.4. The number of benzene rings is 12. The highest BCUT2D eigenvalue weighted by atomic mass is 16.4. The summed E-state index contributed by atoms with van der Waals surface area (Å²) in [4.78, 5) is 15.4. The molecule has 0 saturated carbocycles. The lowest BCUT2D eigenvalue weighted by molar-refractivity contribution is 0.606. The summed E-state index contributed by atoms with van der Waals surface area (Å²) in [5.74, 6) is 2.74. The van der Waals surface area contributed by atoms with Crippen molar-refractivity contribution in [3.05, 3.63) is 224 Å². The first-order chi connectivity index (χ1) is 32.7. The molecule has 13 rings (SSSR count). The van der Waals surface area contributed by atoms with E-state index in [1.165, 1.54) is 59.2 Å². The number of hydrogen-bond donors (Lipinski definition) is 0. The summed E-state index contributed by atoms with van der Waals surface area (Å²) in [5.41, 5.74) is 6.14. The Hall–Kier alpha value is -8.67. The van der Waals surface area contributed by atoms with Crippen LogP contribution in [0.3, 0.4) is 0 Å². The SMILES string of the molecule is B(Oc1ccc2c3ccc(-c4c(-c5nc(-c6ccccc6)nc(-c6ccccc6)n5)ccc5ccccc45)cc3c3ccccc3c2c1)c1ccc2c3ccccc3c3ccccc3c2c1. The van der Waals surface area contributed by atoms with Gasteiger partial charge in [0.25, 0.3) is 0 Å². The van der Waals surface area contributed by atoms with Crippen LogP contribution in [0.4, 0.5) is 0 Å². The van der Waals surface area contributed by atoms with Crippen molar-refractivity contribution < 1.29 is 4.65 Å². The van der Waals surface area contributed by atoms with Crippen LogP contribution in [0.1, 0.15) is 0 Å². The lowest BCUT2D eigenvalue weighted by Crippen LogP contribution is -2.20. The van der Waals surface area contributed by atoms with Crippen LogP contribution in [0.2, 0.25) is 0 Å². The molecule has 0 radical (unpaired) electrons. The van der Waals surface area contributed by atoms with E-state index in [9.17, 15) is 0 Å². The summed E-state index contributed by atoms with van der Waals surface area (Å²) in [5, 5.41) is 17.0. The predicted octanol–water partition coefficient (Wildman–Crippen LogP) is 14.7. The maximum atomic E-state index is 6.64. The zero-order valence-corrected chi connectivity index (χ0v) is 35.8. The molecule has 0 atom stereocenters. The van der Waals surface area contributed by atoms with E-state index in [0.717, 1.165) is 55.2 Å². The van der Waals surface area contributed by atoms with Gasteiger partial charge in [0.15, 0.2) is 17.5 Å². The van der Waals surface area contributed by atoms with Crippen molar-refractivity contribution in [3.63, 3.8) is 0 Å². The summed E-state index contributed by atoms with van der Waals surface area (Å²) < 4.78 is 6.64. The lowest BCUT2D eigenvalue weighted by atomic mass is 9.84. The second-order valence-electron chi connectivity index (χ2n) is 17.0. The third kappa shape index (κ3) is 6.35. The lowest BCUT2D eigenvalue weighted by Gasteiger charge is -2.17. The van der Waals surface area contributed by atoms with E-state index < -0.39 is 0 Å². The molecule has 12 aromatic carbocycles. The van der Waals surface area contributed by atoms with Gasteiger partial charge in [-0.2, -0.15) is 0 Å². The van der Waals surface area contributed by atoms with Gasteiger partial charge in [-0.25, -0.2) is 15.0 Å². The van der Waals surface area contributed by atoms with E-state index in [2.05, 4.69) is 188 Å². The van der Waals surface area contributed by atoms with Gasteiger partial charge >= 0.3 is 7.48 Å². The highest BCUT2D eigenvalue weighted by molar-refractivity contribution is 6.48. The molecule has 1 aromatic heterocycles. The molecular formula is C61H38BN3O. The minimum absolute atomic E-state index is 0.464. The van der Waals surface area contributed by atoms with Crippen molar-refractivity contribution >= 4 is 88.4 Å². The Morgan fingerprint density at radius 3 is 1.32 bits per heavy atom. The number of nitrogens with zero attached hydrogens (tertiary/aromatic N) is 3. The van der Waals surface area contributed by atoms with Crippen LogP contribution < -0.4 is 10.1 Å². The van der Waals surface area contributed by atoms with E-state index in [0.29, 0.717) is 25.0 Å². The molecule has 0 aliphatic carbocycles. The van der Waals surface area contributed by atoms with Gasteiger partial charge in [0.1, 0.15) is 0 Å². The van der Waals surface area contributed by atoms with E-state index >= 15 is 0 Å². The average Bonchev–Trinajstić information content (AvgIpc) is 3.40. The van der Waals surface area contributed by atoms with Crippen molar-refractivity contribution in [3.8, 4) is 51.0 Å². The van der Waals surface area contributed by atoms with Crippen molar-refractivity contribution in [1.82, 2.24) is 15.0 Å². The topological polar surface area (TPSA) is 47.9 Å². The summed E-state index contributed by atoms with van der Waals surface area (Å²) in [7, 11) is 0.464. The zero-order chi connectivity index (χ0) is 43.6. The minimum atomic E-state index is 0.464. The van der Waals surface area contributed by atoms with Gasteiger partial charge in [0.2, 0.25) is 0 Å². The molecule has 5 heteroatoms. The standard InChI is InChI=1S/C61H38BN3O/c1-3-16-39(17-4-1)59-63-60(40-18-5-2-6-19-40)65-61(64-59)54-32-27-38-15-7-8-20-44(38)58(54)41-28-31-51-53-34-30-43(37-57(53)50-26-14-13-25-49(50)55(51)35-41)66-62-42-29-33-52-47-23-10-9-21-45(47)46-22-11-12-24-48(46)56(52)36-42/h1-37,62H. The van der Waals surface area contributed by atoms with Gasteiger partial charge in [-0.05, 0) is 111 Å². The Bertz CT molecular complexity index is 3950. The van der Waals surface area contributed by atoms with Gasteiger partial charge < -0.3 is 4.65 Å². The highest BCUT2D eigenvalue weighted by Gasteiger charge is 2.20. The van der Waals surface area contributed by atoms with E-state index in [4.69, 9.17) is 19.6 Å². The molecular weight excluding hydrogens is 802 g/mol. The maximum absolute atomic E-state index is 6.64. The van der Waals surface area contributed by atoms with Crippen LogP contribution in [0.15, 0.2) is 224 Å².